The number of nitrogens with zero attached hydrogens (tertiary/aromatic N) is 1. The number of hydrogen-bond acceptors (Lipinski definition) is 5. The monoisotopic (exact) mass is 483 g/mol. The van der Waals surface area contributed by atoms with Crippen molar-refractivity contribution in [2.75, 3.05) is 13.2 Å². The van der Waals surface area contributed by atoms with Gasteiger partial charge in [-0.3, -0.25) is 4.79 Å². The molecule has 0 aromatic heterocycles. The summed E-state index contributed by atoms with van der Waals surface area (Å²) < 4.78 is 13.0. The number of aliphatic hydroxyl groups excluding tert-OH is 2. The first-order chi connectivity index (χ1) is 16.3. The van der Waals surface area contributed by atoms with Crippen LogP contribution in [-0.2, 0) is 14.0 Å². The van der Waals surface area contributed by atoms with Crippen molar-refractivity contribution in [3.8, 4) is 0 Å². The van der Waals surface area contributed by atoms with Crippen LogP contribution in [0.3, 0.4) is 0 Å². The molecule has 0 bridgehead atoms. The molecule has 2 aliphatic rings. The fraction of sp³-hybridized carbons (Fsp3) is 0.519. The van der Waals surface area contributed by atoms with E-state index in [1.165, 1.54) is 10.4 Å². The first kappa shape index (κ1) is 25.1. The molecule has 2 fully saturated rings. The topological polar surface area (TPSA) is 79.2 Å². The number of benzene rings is 2. The second kappa shape index (κ2) is 10.3. The number of likely N-dealkylation sites (tertiary alicyclic amines) is 1. The molecule has 2 aromatic rings. The minimum absolute atomic E-state index is 0.0179. The van der Waals surface area contributed by atoms with E-state index < -0.39 is 26.8 Å². The number of ether oxygens (including phenoxy) is 1. The molecule has 0 radical (unpaired) electrons. The number of hydrogen-bond donors (Lipinski definition) is 2. The molecule has 4 atom stereocenters. The van der Waals surface area contributed by atoms with Crippen LogP contribution in [0.15, 0.2) is 60.7 Å². The SMILES string of the molecule is CC(C)(C)[Si](O[C@H]1CCC(=O)N([C@@H]2C[C@H](O)[C@@H](CO)O2)CC1)(c1ccccc1)c1ccccc1. The van der Waals surface area contributed by atoms with Gasteiger partial charge in [0.25, 0.3) is 8.32 Å². The van der Waals surface area contributed by atoms with Gasteiger partial charge < -0.3 is 24.3 Å². The lowest BCUT2D eigenvalue weighted by Crippen LogP contribution is -2.67. The van der Waals surface area contributed by atoms with Crippen molar-refractivity contribution in [1.82, 2.24) is 4.90 Å². The Bertz CT molecular complexity index is 909. The average molecular weight is 484 g/mol. The van der Waals surface area contributed by atoms with E-state index in [9.17, 15) is 15.0 Å². The van der Waals surface area contributed by atoms with Crippen molar-refractivity contribution in [3.05, 3.63) is 60.7 Å². The summed E-state index contributed by atoms with van der Waals surface area (Å²) in [4.78, 5) is 14.7. The standard InChI is InChI=1S/C27H37NO5Si/c1-27(2,3)34(21-10-6-4-7-11-21,22-12-8-5-9-13-22)33-20-14-15-25(31)28(17-16-20)26-18-23(30)24(19-29)32-26/h4-13,20,23-24,26,29-30H,14-19H2,1-3H3/t20-,23-,24+,26-/m0/s1. The molecular weight excluding hydrogens is 446 g/mol. The Balaban J connectivity index is 1.62. The lowest BCUT2D eigenvalue weighted by Gasteiger charge is -2.45. The molecule has 0 aliphatic carbocycles. The maximum Gasteiger partial charge on any atom is 0.261 e. The van der Waals surface area contributed by atoms with Crippen LogP contribution in [0, 0.1) is 0 Å². The highest BCUT2D eigenvalue weighted by Crippen LogP contribution is 2.39. The third-order valence-corrected chi connectivity index (χ3v) is 12.3. The van der Waals surface area contributed by atoms with Crippen molar-refractivity contribution in [2.24, 2.45) is 0 Å². The molecule has 0 unspecified atom stereocenters. The van der Waals surface area contributed by atoms with Crippen LogP contribution >= 0.6 is 0 Å². The average Bonchev–Trinajstić information content (AvgIpc) is 3.10. The van der Waals surface area contributed by atoms with E-state index in [1.54, 1.807) is 4.90 Å². The maximum atomic E-state index is 13.0. The predicted molar refractivity (Wildman–Crippen MR) is 134 cm³/mol. The summed E-state index contributed by atoms with van der Waals surface area (Å²) in [6, 6.07) is 21.1. The highest BCUT2D eigenvalue weighted by molar-refractivity contribution is 6.99. The summed E-state index contributed by atoms with van der Waals surface area (Å²) in [6.45, 7) is 7.04. The quantitative estimate of drug-likeness (QED) is 0.617. The van der Waals surface area contributed by atoms with E-state index in [1.807, 2.05) is 12.1 Å². The van der Waals surface area contributed by atoms with Crippen LogP contribution < -0.4 is 10.4 Å². The smallest absolute Gasteiger partial charge is 0.261 e. The molecule has 0 saturated carbocycles. The van der Waals surface area contributed by atoms with Gasteiger partial charge in [-0.15, -0.1) is 0 Å². The predicted octanol–water partition coefficient (Wildman–Crippen LogP) is 2.41. The van der Waals surface area contributed by atoms with Gasteiger partial charge in [0, 0.05) is 25.5 Å². The highest BCUT2D eigenvalue weighted by Gasteiger charge is 2.51. The molecule has 2 saturated heterocycles. The molecule has 7 heteroatoms. The molecule has 4 rings (SSSR count). The second-order valence-corrected chi connectivity index (χ2v) is 14.7. The van der Waals surface area contributed by atoms with Gasteiger partial charge in [0.15, 0.2) is 0 Å². The van der Waals surface area contributed by atoms with E-state index in [0.717, 1.165) is 0 Å². The Morgan fingerprint density at radius 1 is 1.03 bits per heavy atom. The van der Waals surface area contributed by atoms with Gasteiger partial charge in [-0.05, 0) is 28.3 Å². The van der Waals surface area contributed by atoms with Crippen molar-refractivity contribution in [3.63, 3.8) is 0 Å². The lowest BCUT2D eigenvalue weighted by molar-refractivity contribution is -0.146. The van der Waals surface area contributed by atoms with E-state index in [4.69, 9.17) is 9.16 Å². The molecule has 1 amide bonds. The summed E-state index contributed by atoms with van der Waals surface area (Å²) in [5.41, 5.74) is 0. The van der Waals surface area contributed by atoms with Crippen LogP contribution in [0.1, 0.15) is 46.5 Å². The fourth-order valence-electron chi connectivity index (χ4n) is 5.42. The van der Waals surface area contributed by atoms with Crippen LogP contribution in [-0.4, -0.2) is 67.0 Å². The maximum absolute atomic E-state index is 13.0. The highest BCUT2D eigenvalue weighted by atomic mass is 28.4. The molecule has 2 aliphatic heterocycles. The number of amides is 1. The molecule has 2 aromatic carbocycles. The summed E-state index contributed by atoms with van der Waals surface area (Å²) in [5, 5.41) is 21.9. The van der Waals surface area contributed by atoms with E-state index in [-0.39, 0.29) is 23.7 Å². The van der Waals surface area contributed by atoms with Crippen LogP contribution in [0.2, 0.25) is 5.04 Å². The molecule has 2 N–H and O–H groups in total. The Kier molecular flexibility index (Phi) is 7.59. The zero-order valence-electron chi connectivity index (χ0n) is 20.4. The summed E-state index contributed by atoms with van der Waals surface area (Å²) in [6.07, 6.45) is 0.112. The number of carbonyl (C=O) groups excluding carboxylic acids is 1. The van der Waals surface area contributed by atoms with Gasteiger partial charge >= 0.3 is 0 Å². The van der Waals surface area contributed by atoms with Crippen LogP contribution in [0.4, 0.5) is 0 Å². The Morgan fingerprint density at radius 2 is 1.62 bits per heavy atom. The minimum Gasteiger partial charge on any atom is -0.404 e. The lowest BCUT2D eigenvalue weighted by atomic mass is 10.2. The third kappa shape index (κ3) is 4.85. The summed E-state index contributed by atoms with van der Waals surface area (Å²) in [7, 11) is -2.70. The van der Waals surface area contributed by atoms with E-state index in [2.05, 4.69) is 69.3 Å². The van der Waals surface area contributed by atoms with Crippen molar-refractivity contribution in [1.29, 1.82) is 0 Å². The minimum atomic E-state index is -2.70. The van der Waals surface area contributed by atoms with Gasteiger partial charge in [0.1, 0.15) is 12.3 Å². The van der Waals surface area contributed by atoms with Gasteiger partial charge in [-0.25, -0.2) is 0 Å². The summed E-state index contributed by atoms with van der Waals surface area (Å²) >= 11 is 0. The van der Waals surface area contributed by atoms with Crippen LogP contribution in [0.25, 0.3) is 0 Å². The van der Waals surface area contributed by atoms with E-state index >= 15 is 0 Å². The molecule has 34 heavy (non-hydrogen) atoms. The summed E-state index contributed by atoms with van der Waals surface area (Å²) in [5.74, 6) is 0.0179. The van der Waals surface area contributed by atoms with Gasteiger partial charge in [-0.2, -0.15) is 0 Å². The fourth-order valence-corrected chi connectivity index (χ4v) is 10.2. The largest absolute Gasteiger partial charge is 0.404 e. The molecule has 0 spiro atoms. The zero-order chi connectivity index (χ0) is 24.3. The zero-order valence-corrected chi connectivity index (χ0v) is 21.4. The number of aliphatic hydroxyl groups is 2. The first-order valence-electron chi connectivity index (χ1n) is 12.3. The van der Waals surface area contributed by atoms with Gasteiger partial charge in [0.2, 0.25) is 5.91 Å². The molecular formula is C27H37NO5Si. The number of rotatable bonds is 6. The van der Waals surface area contributed by atoms with Gasteiger partial charge in [0.05, 0.1) is 12.7 Å². The Hall–Kier alpha value is -2.03. The normalized spacial score (nSPS) is 26.5. The Morgan fingerprint density at radius 3 is 2.12 bits per heavy atom. The van der Waals surface area contributed by atoms with Crippen molar-refractivity contribution >= 4 is 24.6 Å². The van der Waals surface area contributed by atoms with E-state index in [0.29, 0.717) is 32.2 Å². The molecule has 2 heterocycles. The molecule has 184 valence electrons. The second-order valence-electron chi connectivity index (χ2n) is 10.4. The van der Waals surface area contributed by atoms with Crippen molar-refractivity contribution in [2.45, 2.75) is 76.0 Å². The Labute approximate surface area is 203 Å². The number of carbonyl (C=O) groups is 1. The van der Waals surface area contributed by atoms with Crippen LogP contribution in [0.5, 0.6) is 0 Å². The van der Waals surface area contributed by atoms with Gasteiger partial charge in [-0.1, -0.05) is 81.4 Å². The van der Waals surface area contributed by atoms with Crippen molar-refractivity contribution < 1.29 is 24.2 Å². The molecule has 6 nitrogen and oxygen atoms in total. The first-order valence-corrected chi connectivity index (χ1v) is 14.2. The third-order valence-electron chi connectivity index (χ3n) is 7.18.